The third-order valence-corrected chi connectivity index (χ3v) is 3.83. The molecule has 5 nitrogen and oxygen atoms in total. The van der Waals surface area contributed by atoms with Crippen LogP contribution in [0.25, 0.3) is 0 Å². The zero-order valence-corrected chi connectivity index (χ0v) is 11.3. The highest BCUT2D eigenvalue weighted by Gasteiger charge is 2.36. The Morgan fingerprint density at radius 1 is 1.59 bits per heavy atom. The average molecular weight is 262 g/mol. The second-order valence-corrected chi connectivity index (χ2v) is 5.75. The lowest BCUT2D eigenvalue weighted by Gasteiger charge is -2.33. The van der Waals surface area contributed by atoms with E-state index < -0.39 is 11.1 Å². The van der Waals surface area contributed by atoms with Gasteiger partial charge in [0.25, 0.3) is 0 Å². The summed E-state index contributed by atoms with van der Waals surface area (Å²) in [4.78, 5) is 12.0. The molecule has 1 rings (SSSR count). The summed E-state index contributed by atoms with van der Waals surface area (Å²) in [6.45, 7) is 2.97. The number of aliphatic hydroxyl groups is 1. The van der Waals surface area contributed by atoms with Gasteiger partial charge in [-0.15, -0.1) is 0 Å². The van der Waals surface area contributed by atoms with Gasteiger partial charge in [0.1, 0.15) is 0 Å². The molecule has 1 fully saturated rings. The van der Waals surface area contributed by atoms with Gasteiger partial charge >= 0.3 is 0 Å². The van der Waals surface area contributed by atoms with Crippen LogP contribution in [0, 0.1) is 0 Å². The zero-order valence-electron chi connectivity index (χ0n) is 10.5. The number of amides is 1. The minimum atomic E-state index is -0.892. The summed E-state index contributed by atoms with van der Waals surface area (Å²) in [5, 5.41) is 12.7. The van der Waals surface area contributed by atoms with Crippen LogP contribution in [-0.2, 0) is 9.53 Å². The summed E-state index contributed by atoms with van der Waals surface area (Å²) in [6, 6.07) is 0. The molecule has 1 saturated heterocycles. The number of ether oxygens (including phenoxy) is 1. The molecule has 1 unspecified atom stereocenters. The predicted molar refractivity (Wildman–Crippen MR) is 69.0 cm³/mol. The summed E-state index contributed by atoms with van der Waals surface area (Å²) in [5.41, 5.74) is 4.30. The second kappa shape index (κ2) is 6.04. The Kier molecular flexibility index (Phi) is 5.24. The molecule has 0 aliphatic carbocycles. The van der Waals surface area contributed by atoms with Gasteiger partial charge in [-0.2, -0.15) is 11.8 Å². The van der Waals surface area contributed by atoms with Crippen molar-refractivity contribution in [3.8, 4) is 0 Å². The van der Waals surface area contributed by atoms with Gasteiger partial charge in [0.05, 0.1) is 11.1 Å². The smallest absolute Gasteiger partial charge is 0.240 e. The van der Waals surface area contributed by atoms with Crippen LogP contribution in [0.5, 0.6) is 0 Å². The molecule has 0 aromatic heterocycles. The second-order valence-electron chi connectivity index (χ2n) is 4.88. The van der Waals surface area contributed by atoms with Crippen LogP contribution in [0.3, 0.4) is 0 Å². The standard InChI is InChI=1S/C11H22N2O3S/c1-10(15,8-17-2)7-13-9(14)11(12)3-5-16-6-4-11/h15H,3-8,12H2,1-2H3,(H,13,14). The number of thioether (sulfide) groups is 1. The van der Waals surface area contributed by atoms with Gasteiger partial charge < -0.3 is 20.9 Å². The number of nitrogens with two attached hydrogens (primary N) is 1. The van der Waals surface area contributed by atoms with E-state index in [0.717, 1.165) is 0 Å². The van der Waals surface area contributed by atoms with E-state index in [2.05, 4.69) is 5.32 Å². The van der Waals surface area contributed by atoms with Crippen molar-refractivity contribution in [3.05, 3.63) is 0 Å². The van der Waals surface area contributed by atoms with Gasteiger partial charge in [0, 0.05) is 25.5 Å². The van der Waals surface area contributed by atoms with Crippen molar-refractivity contribution in [2.45, 2.75) is 30.9 Å². The molecular formula is C11H22N2O3S. The van der Waals surface area contributed by atoms with Crippen molar-refractivity contribution >= 4 is 17.7 Å². The van der Waals surface area contributed by atoms with Crippen LogP contribution in [0.4, 0.5) is 0 Å². The lowest BCUT2D eigenvalue weighted by atomic mass is 9.90. The Balaban J connectivity index is 2.43. The van der Waals surface area contributed by atoms with Crippen LogP contribution < -0.4 is 11.1 Å². The highest BCUT2D eigenvalue weighted by Crippen LogP contribution is 2.18. The van der Waals surface area contributed by atoms with Crippen molar-refractivity contribution in [2.75, 3.05) is 31.8 Å². The van der Waals surface area contributed by atoms with Crippen LogP contribution in [0.15, 0.2) is 0 Å². The summed E-state index contributed by atoms with van der Waals surface area (Å²) >= 11 is 1.54. The first-order chi connectivity index (χ1) is 7.90. The lowest BCUT2D eigenvalue weighted by molar-refractivity contribution is -0.130. The molecule has 100 valence electrons. The minimum absolute atomic E-state index is 0.192. The maximum atomic E-state index is 12.0. The fraction of sp³-hybridized carbons (Fsp3) is 0.909. The van der Waals surface area contributed by atoms with Crippen LogP contribution in [0.2, 0.25) is 0 Å². The third-order valence-electron chi connectivity index (χ3n) is 2.92. The molecule has 0 spiro atoms. The summed E-state index contributed by atoms with van der Waals surface area (Å²) in [5.74, 6) is 0.385. The molecule has 1 aliphatic rings. The molecule has 0 aromatic carbocycles. The Morgan fingerprint density at radius 3 is 2.71 bits per heavy atom. The van der Waals surface area contributed by atoms with Gasteiger partial charge in [-0.1, -0.05) is 0 Å². The maximum absolute atomic E-state index is 12.0. The lowest BCUT2D eigenvalue weighted by Crippen LogP contribution is -2.58. The van der Waals surface area contributed by atoms with Crippen molar-refractivity contribution < 1.29 is 14.6 Å². The Labute approximate surface area is 106 Å². The number of carbonyl (C=O) groups is 1. The van der Waals surface area contributed by atoms with Gasteiger partial charge in [-0.25, -0.2) is 0 Å². The number of nitrogens with one attached hydrogen (secondary N) is 1. The number of hydrogen-bond acceptors (Lipinski definition) is 5. The topological polar surface area (TPSA) is 84.6 Å². The van der Waals surface area contributed by atoms with E-state index in [-0.39, 0.29) is 12.5 Å². The molecule has 4 N–H and O–H groups in total. The predicted octanol–water partition coefficient (Wildman–Crippen LogP) is -0.275. The normalized spacial score (nSPS) is 22.8. The molecule has 0 saturated carbocycles. The molecule has 0 aromatic rings. The van der Waals surface area contributed by atoms with Crippen LogP contribution in [0.1, 0.15) is 19.8 Å². The first-order valence-corrected chi connectivity index (χ1v) is 7.15. The molecule has 0 bridgehead atoms. The quantitative estimate of drug-likeness (QED) is 0.635. The molecule has 1 amide bonds. The maximum Gasteiger partial charge on any atom is 0.240 e. The minimum Gasteiger partial charge on any atom is -0.387 e. The van der Waals surface area contributed by atoms with Gasteiger partial charge in [0.15, 0.2) is 0 Å². The molecule has 1 atom stereocenters. The van der Waals surface area contributed by atoms with E-state index in [1.807, 2.05) is 6.26 Å². The zero-order chi connectivity index (χ0) is 12.9. The monoisotopic (exact) mass is 262 g/mol. The SMILES string of the molecule is CSCC(C)(O)CNC(=O)C1(N)CCOCC1. The van der Waals surface area contributed by atoms with Crippen molar-refractivity contribution in [3.63, 3.8) is 0 Å². The number of rotatable bonds is 5. The van der Waals surface area contributed by atoms with Gasteiger partial charge in [0.2, 0.25) is 5.91 Å². The average Bonchev–Trinajstić information content (AvgIpc) is 2.27. The fourth-order valence-corrected chi connectivity index (χ4v) is 2.50. The molecule has 0 radical (unpaired) electrons. The highest BCUT2D eigenvalue weighted by atomic mass is 32.2. The summed E-state index contributed by atoms with van der Waals surface area (Å²) < 4.78 is 5.19. The molecule has 17 heavy (non-hydrogen) atoms. The van der Waals surface area contributed by atoms with Gasteiger partial charge in [-0.3, -0.25) is 4.79 Å². The van der Waals surface area contributed by atoms with Crippen molar-refractivity contribution in [2.24, 2.45) is 5.73 Å². The van der Waals surface area contributed by atoms with E-state index >= 15 is 0 Å². The number of hydrogen-bond donors (Lipinski definition) is 3. The van der Waals surface area contributed by atoms with E-state index in [1.165, 1.54) is 0 Å². The molecule has 6 heteroatoms. The van der Waals surface area contributed by atoms with Crippen LogP contribution >= 0.6 is 11.8 Å². The van der Waals surface area contributed by atoms with Crippen molar-refractivity contribution in [1.29, 1.82) is 0 Å². The molecule has 1 aliphatic heterocycles. The van der Waals surface area contributed by atoms with E-state index in [9.17, 15) is 9.90 Å². The van der Waals surface area contributed by atoms with E-state index in [1.54, 1.807) is 18.7 Å². The highest BCUT2D eigenvalue weighted by molar-refractivity contribution is 7.98. The third kappa shape index (κ3) is 4.46. The van der Waals surface area contributed by atoms with E-state index in [0.29, 0.717) is 31.8 Å². The number of carbonyl (C=O) groups excluding carboxylic acids is 1. The van der Waals surface area contributed by atoms with E-state index in [4.69, 9.17) is 10.5 Å². The first kappa shape index (κ1) is 14.8. The summed E-state index contributed by atoms with van der Waals surface area (Å²) in [7, 11) is 0. The Hall–Kier alpha value is -0.300. The molecular weight excluding hydrogens is 240 g/mol. The Bertz CT molecular complexity index is 265. The van der Waals surface area contributed by atoms with Crippen molar-refractivity contribution in [1.82, 2.24) is 5.32 Å². The fourth-order valence-electron chi connectivity index (χ4n) is 1.77. The van der Waals surface area contributed by atoms with Gasteiger partial charge in [-0.05, 0) is 26.0 Å². The summed E-state index contributed by atoms with van der Waals surface area (Å²) in [6.07, 6.45) is 2.98. The largest absolute Gasteiger partial charge is 0.387 e. The first-order valence-electron chi connectivity index (χ1n) is 5.76. The Morgan fingerprint density at radius 2 is 2.18 bits per heavy atom. The molecule has 1 heterocycles. The van der Waals surface area contributed by atoms with Crippen LogP contribution in [-0.4, -0.2) is 53.9 Å².